The number of rotatable bonds is 3. The van der Waals surface area contributed by atoms with Gasteiger partial charge in [0.15, 0.2) is 5.76 Å². The van der Waals surface area contributed by atoms with Gasteiger partial charge in [-0.25, -0.2) is 8.42 Å². The molecule has 4 heterocycles. The first-order valence-electron chi connectivity index (χ1n) is 8.52. The maximum Gasteiger partial charge on any atom is 0.290 e. The molecule has 2 aliphatic heterocycles. The molecule has 0 atom stereocenters. The number of hydrogen-bond acceptors (Lipinski definition) is 5. The second kappa shape index (κ2) is 5.83. The highest BCUT2D eigenvalue weighted by molar-refractivity contribution is 7.89. The lowest BCUT2D eigenvalue weighted by Gasteiger charge is -2.22. The van der Waals surface area contributed by atoms with Gasteiger partial charge in [-0.3, -0.25) is 4.79 Å². The van der Waals surface area contributed by atoms with Gasteiger partial charge >= 0.3 is 0 Å². The van der Waals surface area contributed by atoms with Crippen LogP contribution >= 0.6 is 0 Å². The van der Waals surface area contributed by atoms with Crippen molar-refractivity contribution in [2.45, 2.75) is 4.90 Å². The quantitative estimate of drug-likeness (QED) is 0.648. The van der Waals surface area contributed by atoms with Crippen LogP contribution in [0, 0.1) is 0 Å². The van der Waals surface area contributed by atoms with Crippen molar-refractivity contribution in [1.82, 2.24) is 9.21 Å². The van der Waals surface area contributed by atoms with E-state index in [1.54, 1.807) is 41.3 Å². The lowest BCUT2D eigenvalue weighted by molar-refractivity contribution is 0.0761. The van der Waals surface area contributed by atoms with Crippen LogP contribution in [0.1, 0.15) is 10.6 Å². The summed E-state index contributed by atoms with van der Waals surface area (Å²) < 4.78 is 37.9. The Bertz CT molecular complexity index is 1160. The van der Waals surface area contributed by atoms with E-state index in [4.69, 9.17) is 8.83 Å². The predicted molar refractivity (Wildman–Crippen MR) is 96.6 cm³/mol. The summed E-state index contributed by atoms with van der Waals surface area (Å²) >= 11 is 0. The standard InChI is InChI=1S/C19H16N2O5S/c22-19(18-2-1-6-25-18)20-9-14-11-21(12-15(14)10-20)27(23,24)16-3-4-17-13(8-16)5-7-26-17/h1-8H,9-12H2. The molecule has 8 heteroatoms. The molecule has 2 aliphatic rings. The zero-order valence-corrected chi connectivity index (χ0v) is 15.1. The van der Waals surface area contributed by atoms with Gasteiger partial charge in [0.05, 0.1) is 17.4 Å². The molecular formula is C19H16N2O5S. The Morgan fingerprint density at radius 3 is 2.41 bits per heavy atom. The fourth-order valence-electron chi connectivity index (χ4n) is 3.67. The van der Waals surface area contributed by atoms with Crippen LogP contribution in [0.4, 0.5) is 0 Å². The molecule has 27 heavy (non-hydrogen) atoms. The van der Waals surface area contributed by atoms with E-state index in [9.17, 15) is 13.2 Å². The predicted octanol–water partition coefficient (Wildman–Crippen LogP) is 2.48. The molecule has 0 unspecified atom stereocenters. The Balaban J connectivity index is 1.33. The monoisotopic (exact) mass is 384 g/mol. The van der Waals surface area contributed by atoms with Gasteiger partial charge in [0, 0.05) is 31.6 Å². The highest BCUT2D eigenvalue weighted by Gasteiger charge is 2.38. The molecule has 1 aromatic carbocycles. The van der Waals surface area contributed by atoms with Gasteiger partial charge < -0.3 is 13.7 Å². The minimum absolute atomic E-state index is 0.172. The highest BCUT2D eigenvalue weighted by Crippen LogP contribution is 2.31. The maximum absolute atomic E-state index is 13.0. The molecule has 1 amide bonds. The number of amides is 1. The molecule has 7 nitrogen and oxygen atoms in total. The zero-order valence-electron chi connectivity index (χ0n) is 14.3. The molecular weight excluding hydrogens is 368 g/mol. The smallest absolute Gasteiger partial charge is 0.290 e. The Morgan fingerprint density at radius 2 is 1.70 bits per heavy atom. The number of furan rings is 2. The van der Waals surface area contributed by atoms with Crippen LogP contribution in [-0.4, -0.2) is 49.7 Å². The fraction of sp³-hybridized carbons (Fsp3) is 0.211. The topological polar surface area (TPSA) is 84.0 Å². The third-order valence-corrected chi connectivity index (χ3v) is 6.87. The first-order chi connectivity index (χ1) is 13.0. The lowest BCUT2D eigenvalue weighted by atomic mass is 10.2. The molecule has 5 rings (SSSR count). The van der Waals surface area contributed by atoms with Crippen molar-refractivity contribution in [1.29, 1.82) is 0 Å². The lowest BCUT2D eigenvalue weighted by Crippen LogP contribution is -2.36. The Kier molecular flexibility index (Phi) is 3.53. The van der Waals surface area contributed by atoms with E-state index in [2.05, 4.69) is 0 Å². The van der Waals surface area contributed by atoms with Crippen LogP contribution in [0.25, 0.3) is 11.0 Å². The molecule has 0 fully saturated rings. The van der Waals surface area contributed by atoms with Crippen LogP contribution in [0.15, 0.2) is 73.8 Å². The average molecular weight is 384 g/mol. The molecule has 0 saturated carbocycles. The van der Waals surface area contributed by atoms with Crippen LogP contribution in [-0.2, 0) is 10.0 Å². The van der Waals surface area contributed by atoms with Gasteiger partial charge in [-0.05, 0) is 47.5 Å². The van der Waals surface area contributed by atoms with Crippen molar-refractivity contribution in [3.8, 4) is 0 Å². The van der Waals surface area contributed by atoms with Crippen LogP contribution in [0.3, 0.4) is 0 Å². The van der Waals surface area contributed by atoms with Gasteiger partial charge in [-0.1, -0.05) is 0 Å². The number of carbonyl (C=O) groups is 1. The van der Waals surface area contributed by atoms with Crippen LogP contribution in [0.2, 0.25) is 0 Å². The molecule has 0 saturated heterocycles. The van der Waals surface area contributed by atoms with E-state index in [-0.39, 0.29) is 10.8 Å². The molecule has 138 valence electrons. The highest BCUT2D eigenvalue weighted by atomic mass is 32.2. The third-order valence-electron chi connectivity index (χ3n) is 5.08. The first-order valence-corrected chi connectivity index (χ1v) is 9.96. The summed E-state index contributed by atoms with van der Waals surface area (Å²) in [5.74, 6) is 0.128. The summed E-state index contributed by atoms with van der Waals surface area (Å²) in [5.41, 5.74) is 2.63. The largest absolute Gasteiger partial charge is 0.464 e. The summed E-state index contributed by atoms with van der Waals surface area (Å²) in [6, 6.07) is 9.92. The van der Waals surface area contributed by atoms with Gasteiger partial charge in [0.1, 0.15) is 5.58 Å². The van der Waals surface area contributed by atoms with Gasteiger partial charge in [0.2, 0.25) is 10.0 Å². The molecule has 0 N–H and O–H groups in total. The summed E-state index contributed by atoms with van der Waals surface area (Å²) in [6.07, 6.45) is 3.01. The number of carbonyl (C=O) groups excluding carboxylic acids is 1. The molecule has 0 radical (unpaired) electrons. The number of nitrogens with zero attached hydrogens (tertiary/aromatic N) is 2. The van der Waals surface area contributed by atoms with Crippen LogP contribution < -0.4 is 0 Å². The summed E-state index contributed by atoms with van der Waals surface area (Å²) in [5, 5.41) is 0.756. The van der Waals surface area contributed by atoms with Crippen molar-refractivity contribution in [3.05, 3.63) is 65.8 Å². The average Bonchev–Trinajstić information content (AvgIpc) is 3.43. The Labute approximate surface area is 155 Å². The van der Waals surface area contributed by atoms with Crippen molar-refractivity contribution >= 4 is 26.9 Å². The van der Waals surface area contributed by atoms with Crippen molar-refractivity contribution < 1.29 is 22.0 Å². The molecule has 0 spiro atoms. The minimum Gasteiger partial charge on any atom is -0.464 e. The van der Waals surface area contributed by atoms with Crippen molar-refractivity contribution in [2.75, 3.05) is 26.2 Å². The normalized spacial score (nSPS) is 17.9. The molecule has 2 aromatic heterocycles. The van der Waals surface area contributed by atoms with E-state index >= 15 is 0 Å². The minimum atomic E-state index is -3.60. The van der Waals surface area contributed by atoms with Crippen LogP contribution in [0.5, 0.6) is 0 Å². The van der Waals surface area contributed by atoms with E-state index < -0.39 is 10.0 Å². The number of fused-ring (bicyclic) bond motifs is 1. The van der Waals surface area contributed by atoms with Gasteiger partial charge in [-0.15, -0.1) is 0 Å². The fourth-order valence-corrected chi connectivity index (χ4v) is 5.14. The van der Waals surface area contributed by atoms with E-state index in [0.29, 0.717) is 37.5 Å². The van der Waals surface area contributed by atoms with Gasteiger partial charge in [0.25, 0.3) is 5.91 Å². The molecule has 0 bridgehead atoms. The van der Waals surface area contributed by atoms with Crippen molar-refractivity contribution in [3.63, 3.8) is 0 Å². The first kappa shape index (κ1) is 16.3. The van der Waals surface area contributed by atoms with Crippen molar-refractivity contribution in [2.24, 2.45) is 0 Å². The number of benzene rings is 1. The number of hydrogen-bond donors (Lipinski definition) is 0. The van der Waals surface area contributed by atoms with E-state index in [1.165, 1.54) is 16.8 Å². The molecule has 0 aliphatic carbocycles. The second-order valence-corrected chi connectivity index (χ2v) is 8.68. The third kappa shape index (κ3) is 2.60. The summed E-state index contributed by atoms with van der Waals surface area (Å²) in [4.78, 5) is 14.3. The molecule has 3 aromatic rings. The SMILES string of the molecule is O=C(c1ccco1)N1CC2=C(C1)CN(S(=O)(=O)c1ccc3occc3c1)C2. The Morgan fingerprint density at radius 1 is 0.926 bits per heavy atom. The zero-order chi connectivity index (χ0) is 18.6. The van der Waals surface area contributed by atoms with E-state index in [0.717, 1.165) is 16.5 Å². The van der Waals surface area contributed by atoms with E-state index in [1.807, 2.05) is 0 Å². The summed E-state index contributed by atoms with van der Waals surface area (Å²) in [6.45, 7) is 1.48. The second-order valence-electron chi connectivity index (χ2n) is 6.74. The number of sulfonamides is 1. The van der Waals surface area contributed by atoms with Gasteiger partial charge in [-0.2, -0.15) is 4.31 Å². The Hall–Kier alpha value is -2.84. The maximum atomic E-state index is 13.0. The summed E-state index contributed by atoms with van der Waals surface area (Å²) in [7, 11) is -3.60.